The molecule has 3 N–H and O–H groups in total. The summed E-state index contributed by atoms with van der Waals surface area (Å²) in [6.07, 6.45) is 1.62. The van der Waals surface area contributed by atoms with E-state index < -0.39 is 11.8 Å². The average molecular weight is 631 g/mol. The van der Waals surface area contributed by atoms with Gasteiger partial charge in [0.05, 0.1) is 12.4 Å². The minimum atomic E-state index is -0.482. The lowest BCUT2D eigenvalue weighted by atomic mass is 10.1. The first-order chi connectivity index (χ1) is 19.9. The summed E-state index contributed by atoms with van der Waals surface area (Å²) >= 11 is 4.78. The highest BCUT2D eigenvalue weighted by Gasteiger charge is 2.15. The third kappa shape index (κ3) is 9.37. The lowest BCUT2D eigenvalue weighted by Crippen LogP contribution is -2.30. The number of carbonyl (C=O) groups is 3. The van der Waals surface area contributed by atoms with Crippen molar-refractivity contribution in [3.8, 4) is 5.75 Å². The molecule has 0 bridgehead atoms. The van der Waals surface area contributed by atoms with E-state index in [1.807, 2.05) is 43.3 Å². The fourth-order valence-corrected chi connectivity index (χ4v) is 4.89. The minimum Gasteiger partial charge on any atom is -0.494 e. The Morgan fingerprint density at radius 3 is 2.32 bits per heavy atom. The molecule has 0 saturated carbocycles. The third-order valence-corrected chi connectivity index (χ3v) is 7.09. The van der Waals surface area contributed by atoms with Crippen LogP contribution in [0.3, 0.4) is 0 Å². The smallest absolute Gasteiger partial charge is 0.272 e. The van der Waals surface area contributed by atoms with Crippen LogP contribution in [0.25, 0.3) is 6.08 Å². The van der Waals surface area contributed by atoms with Crippen LogP contribution >= 0.6 is 27.7 Å². The van der Waals surface area contributed by atoms with Gasteiger partial charge in [0.2, 0.25) is 5.91 Å². The molecule has 0 unspecified atom stereocenters. The zero-order chi connectivity index (χ0) is 29.0. The van der Waals surface area contributed by atoms with E-state index in [2.05, 4.69) is 31.9 Å². The Morgan fingerprint density at radius 1 is 0.829 bits per heavy atom. The number of ether oxygens (including phenoxy) is 1. The molecule has 3 amide bonds. The number of amides is 3. The number of thioether (sulfide) groups is 1. The molecule has 41 heavy (non-hydrogen) atoms. The van der Waals surface area contributed by atoms with Crippen molar-refractivity contribution in [2.75, 3.05) is 23.0 Å². The Kier molecular flexibility index (Phi) is 10.8. The topological polar surface area (TPSA) is 96.5 Å². The molecule has 0 fully saturated rings. The molecule has 0 aliphatic heterocycles. The maximum absolute atomic E-state index is 13.3. The summed E-state index contributed by atoms with van der Waals surface area (Å²) in [5, 5.41) is 8.46. The molecule has 9 heteroatoms. The Bertz CT molecular complexity index is 1540. The highest BCUT2D eigenvalue weighted by atomic mass is 79.9. The van der Waals surface area contributed by atoms with Gasteiger partial charge in [-0.05, 0) is 85.3 Å². The maximum atomic E-state index is 13.3. The van der Waals surface area contributed by atoms with Crippen LogP contribution in [0.2, 0.25) is 0 Å². The second-order valence-corrected chi connectivity index (χ2v) is 10.7. The number of hydrogen-bond acceptors (Lipinski definition) is 5. The molecule has 0 saturated heterocycles. The first-order valence-electron chi connectivity index (χ1n) is 12.8. The fraction of sp³-hybridized carbons (Fsp3) is 0.0938. The van der Waals surface area contributed by atoms with Gasteiger partial charge < -0.3 is 20.7 Å². The number of hydrogen-bond donors (Lipinski definition) is 3. The SMILES string of the molecule is CCOc1ccc(NC(=O)CSc2cccc(NC(=O)/C(=C\c3cccc(Br)c3)NC(=O)c3ccccc3)c2)cc1. The number of carbonyl (C=O) groups excluding carboxylic acids is 3. The van der Waals surface area contributed by atoms with Crippen LogP contribution in [0.5, 0.6) is 5.75 Å². The van der Waals surface area contributed by atoms with Gasteiger partial charge in [0, 0.05) is 26.3 Å². The van der Waals surface area contributed by atoms with E-state index in [1.165, 1.54) is 11.8 Å². The van der Waals surface area contributed by atoms with E-state index in [1.54, 1.807) is 72.8 Å². The molecular formula is C32H28BrN3O4S. The van der Waals surface area contributed by atoms with Gasteiger partial charge in [0.1, 0.15) is 11.4 Å². The quantitative estimate of drug-likeness (QED) is 0.123. The van der Waals surface area contributed by atoms with Crippen molar-refractivity contribution in [1.29, 1.82) is 0 Å². The number of rotatable bonds is 11. The van der Waals surface area contributed by atoms with Crippen molar-refractivity contribution >= 4 is 62.9 Å². The minimum absolute atomic E-state index is 0.0877. The van der Waals surface area contributed by atoms with Gasteiger partial charge in [-0.1, -0.05) is 52.3 Å². The monoisotopic (exact) mass is 629 g/mol. The van der Waals surface area contributed by atoms with Crippen LogP contribution in [0.1, 0.15) is 22.8 Å². The maximum Gasteiger partial charge on any atom is 0.272 e. The Morgan fingerprint density at radius 2 is 1.59 bits per heavy atom. The van der Waals surface area contributed by atoms with Gasteiger partial charge in [0.15, 0.2) is 0 Å². The summed E-state index contributed by atoms with van der Waals surface area (Å²) in [5.41, 5.74) is 2.47. The molecule has 0 atom stereocenters. The van der Waals surface area contributed by atoms with Crippen LogP contribution in [0.4, 0.5) is 11.4 Å². The summed E-state index contributed by atoms with van der Waals surface area (Å²) in [4.78, 5) is 39.5. The van der Waals surface area contributed by atoms with Gasteiger partial charge in [-0.2, -0.15) is 0 Å². The second-order valence-electron chi connectivity index (χ2n) is 8.71. The first kappa shape index (κ1) is 29.6. The molecule has 4 rings (SSSR count). The summed E-state index contributed by atoms with van der Waals surface area (Å²) in [6.45, 7) is 2.49. The fourth-order valence-electron chi connectivity index (χ4n) is 3.71. The Labute approximate surface area is 251 Å². The molecule has 0 radical (unpaired) electrons. The molecule has 4 aromatic carbocycles. The zero-order valence-electron chi connectivity index (χ0n) is 22.2. The average Bonchev–Trinajstić information content (AvgIpc) is 2.97. The number of benzene rings is 4. The van der Waals surface area contributed by atoms with Crippen molar-refractivity contribution in [2.24, 2.45) is 0 Å². The molecule has 0 aliphatic rings. The summed E-state index contributed by atoms with van der Waals surface area (Å²) in [7, 11) is 0. The van der Waals surface area contributed by atoms with Gasteiger partial charge in [-0.25, -0.2) is 0 Å². The molecule has 0 heterocycles. The Hall–Kier alpha value is -4.34. The van der Waals surface area contributed by atoms with E-state index in [9.17, 15) is 14.4 Å². The largest absolute Gasteiger partial charge is 0.494 e. The number of anilines is 2. The summed E-state index contributed by atoms with van der Waals surface area (Å²) in [5.74, 6) is -0.106. The first-order valence-corrected chi connectivity index (χ1v) is 14.6. The molecule has 0 aromatic heterocycles. The van der Waals surface area contributed by atoms with Crippen molar-refractivity contribution in [1.82, 2.24) is 5.32 Å². The summed E-state index contributed by atoms with van der Waals surface area (Å²) < 4.78 is 6.27. The van der Waals surface area contributed by atoms with E-state index in [-0.39, 0.29) is 17.4 Å². The molecule has 4 aromatic rings. The predicted molar refractivity (Wildman–Crippen MR) is 168 cm³/mol. The highest BCUT2D eigenvalue weighted by Crippen LogP contribution is 2.23. The van der Waals surface area contributed by atoms with Crippen molar-refractivity contribution in [2.45, 2.75) is 11.8 Å². The molecule has 7 nitrogen and oxygen atoms in total. The number of halogens is 1. The van der Waals surface area contributed by atoms with Crippen LogP contribution in [-0.2, 0) is 9.59 Å². The van der Waals surface area contributed by atoms with Crippen LogP contribution in [0, 0.1) is 0 Å². The van der Waals surface area contributed by atoms with Crippen LogP contribution < -0.4 is 20.7 Å². The van der Waals surface area contributed by atoms with Crippen molar-refractivity contribution < 1.29 is 19.1 Å². The normalized spacial score (nSPS) is 10.9. The lowest BCUT2D eigenvalue weighted by Gasteiger charge is -2.12. The zero-order valence-corrected chi connectivity index (χ0v) is 24.6. The van der Waals surface area contributed by atoms with Gasteiger partial charge in [0.25, 0.3) is 11.8 Å². The predicted octanol–water partition coefficient (Wildman–Crippen LogP) is 6.99. The Balaban J connectivity index is 1.41. The van der Waals surface area contributed by atoms with Crippen LogP contribution in [-0.4, -0.2) is 30.1 Å². The van der Waals surface area contributed by atoms with E-state index >= 15 is 0 Å². The van der Waals surface area contributed by atoms with Gasteiger partial charge in [-0.15, -0.1) is 11.8 Å². The number of nitrogens with one attached hydrogen (secondary N) is 3. The molecular weight excluding hydrogens is 602 g/mol. The van der Waals surface area contributed by atoms with E-state index in [4.69, 9.17) is 4.74 Å². The summed E-state index contributed by atoms with van der Waals surface area (Å²) in [6, 6.07) is 30.5. The standard InChI is InChI=1S/C32H28BrN3O4S/c1-2-40-27-16-14-25(15-17-27)34-30(37)21-41-28-13-7-12-26(20-28)35-32(39)29(19-22-8-6-11-24(33)18-22)36-31(38)23-9-4-3-5-10-23/h3-20H,2,21H2,1H3,(H,34,37)(H,35,39)(H,36,38)/b29-19+. The van der Waals surface area contributed by atoms with Crippen LogP contribution in [0.15, 0.2) is 118 Å². The second kappa shape index (κ2) is 14.9. The molecule has 208 valence electrons. The van der Waals surface area contributed by atoms with Crippen molar-refractivity contribution in [3.63, 3.8) is 0 Å². The molecule has 0 spiro atoms. The third-order valence-electron chi connectivity index (χ3n) is 5.60. The van der Waals surface area contributed by atoms with E-state index in [0.717, 1.165) is 20.7 Å². The van der Waals surface area contributed by atoms with E-state index in [0.29, 0.717) is 23.5 Å². The lowest BCUT2D eigenvalue weighted by molar-refractivity contribution is -0.114. The molecule has 0 aliphatic carbocycles. The highest BCUT2D eigenvalue weighted by molar-refractivity contribution is 9.10. The van der Waals surface area contributed by atoms with Gasteiger partial charge >= 0.3 is 0 Å². The van der Waals surface area contributed by atoms with Crippen molar-refractivity contribution in [3.05, 3.63) is 124 Å². The van der Waals surface area contributed by atoms with Gasteiger partial charge in [-0.3, -0.25) is 14.4 Å².